The molecule has 0 aliphatic rings. The van der Waals surface area contributed by atoms with Crippen LogP contribution in [-0.4, -0.2) is 26.8 Å². The molecule has 1 atom stereocenters. The first-order valence-electron chi connectivity index (χ1n) is 5.05. The zero-order chi connectivity index (χ0) is 12.0. The number of nitrogens with one attached hydrogen (secondary N) is 1. The molecule has 1 aromatic carbocycles. The Labute approximate surface area is 99.7 Å². The predicted molar refractivity (Wildman–Crippen MR) is 63.1 cm³/mol. The van der Waals surface area contributed by atoms with Gasteiger partial charge in [-0.3, -0.25) is 0 Å². The summed E-state index contributed by atoms with van der Waals surface area (Å²) < 4.78 is 18.1. The van der Waals surface area contributed by atoms with Gasteiger partial charge in [0.2, 0.25) is 0 Å². The van der Waals surface area contributed by atoms with E-state index in [0.29, 0.717) is 24.7 Å². The van der Waals surface area contributed by atoms with Crippen LogP contribution in [0.1, 0.15) is 11.6 Å². The molecule has 0 aliphatic carbocycles. The van der Waals surface area contributed by atoms with Crippen LogP contribution in [0.15, 0.2) is 18.2 Å². The molecular weight excluding hydrogens is 231 g/mol. The number of methoxy groups -OCH3 is 1. The van der Waals surface area contributed by atoms with Gasteiger partial charge in [0, 0.05) is 31.3 Å². The van der Waals surface area contributed by atoms with Crippen molar-refractivity contribution >= 4 is 11.6 Å². The minimum absolute atomic E-state index is 0.108. The second-order valence-corrected chi connectivity index (χ2v) is 3.87. The van der Waals surface area contributed by atoms with Gasteiger partial charge in [-0.05, 0) is 23.8 Å². The fourth-order valence-corrected chi connectivity index (χ4v) is 1.68. The lowest BCUT2D eigenvalue weighted by molar-refractivity contribution is 0.196. The maximum absolute atomic E-state index is 13.1. The van der Waals surface area contributed by atoms with Crippen molar-refractivity contribution < 1.29 is 9.13 Å². The maximum Gasteiger partial charge on any atom is 0.125 e. The Bertz CT molecular complexity index is 316. The van der Waals surface area contributed by atoms with Gasteiger partial charge in [0.25, 0.3) is 0 Å². The minimum atomic E-state index is -0.352. The van der Waals surface area contributed by atoms with E-state index in [1.54, 1.807) is 13.2 Å². The van der Waals surface area contributed by atoms with Crippen molar-refractivity contribution in [3.8, 4) is 0 Å². The molecule has 0 saturated heterocycles. The predicted octanol–water partition coefficient (Wildman–Crippen LogP) is 1.71. The van der Waals surface area contributed by atoms with E-state index >= 15 is 0 Å². The Morgan fingerprint density at radius 2 is 2.25 bits per heavy atom. The molecule has 0 radical (unpaired) electrons. The summed E-state index contributed by atoms with van der Waals surface area (Å²) in [6.07, 6.45) is 0. The lowest BCUT2D eigenvalue weighted by atomic mass is 10.1. The molecule has 0 aromatic heterocycles. The number of rotatable bonds is 6. The molecule has 3 N–H and O–H groups in total. The molecule has 0 amide bonds. The number of hydrogen-bond donors (Lipinski definition) is 2. The summed E-state index contributed by atoms with van der Waals surface area (Å²) in [5.74, 6) is -0.352. The van der Waals surface area contributed by atoms with Crippen molar-refractivity contribution in [3.05, 3.63) is 34.6 Å². The highest BCUT2D eigenvalue weighted by molar-refractivity contribution is 6.30. The quantitative estimate of drug-likeness (QED) is 0.752. The minimum Gasteiger partial charge on any atom is -0.383 e. The summed E-state index contributed by atoms with van der Waals surface area (Å²) >= 11 is 5.78. The molecule has 0 fully saturated rings. The highest BCUT2D eigenvalue weighted by Crippen LogP contribution is 2.19. The van der Waals surface area contributed by atoms with E-state index in [9.17, 15) is 4.39 Å². The lowest BCUT2D eigenvalue weighted by Crippen LogP contribution is -2.30. The van der Waals surface area contributed by atoms with Gasteiger partial charge in [0.05, 0.1) is 6.61 Å². The van der Waals surface area contributed by atoms with Gasteiger partial charge >= 0.3 is 0 Å². The molecule has 5 heteroatoms. The van der Waals surface area contributed by atoms with Crippen molar-refractivity contribution in [1.82, 2.24) is 5.32 Å². The molecule has 0 heterocycles. The average Bonchev–Trinajstić information content (AvgIpc) is 2.23. The summed E-state index contributed by atoms with van der Waals surface area (Å²) in [5.41, 5.74) is 6.37. The number of nitrogens with two attached hydrogens (primary N) is 1. The molecule has 0 aliphatic heterocycles. The number of ether oxygens (including phenoxy) is 1. The van der Waals surface area contributed by atoms with E-state index in [0.717, 1.165) is 5.56 Å². The Morgan fingerprint density at radius 3 is 2.81 bits per heavy atom. The highest BCUT2D eigenvalue weighted by Gasteiger charge is 2.10. The van der Waals surface area contributed by atoms with E-state index in [1.807, 2.05) is 0 Å². The zero-order valence-corrected chi connectivity index (χ0v) is 9.93. The number of benzene rings is 1. The van der Waals surface area contributed by atoms with Crippen molar-refractivity contribution in [2.45, 2.75) is 6.04 Å². The summed E-state index contributed by atoms with van der Waals surface area (Å²) in [4.78, 5) is 0. The van der Waals surface area contributed by atoms with E-state index in [4.69, 9.17) is 22.1 Å². The first kappa shape index (κ1) is 13.4. The van der Waals surface area contributed by atoms with Crippen LogP contribution in [0.25, 0.3) is 0 Å². The number of hydrogen-bond acceptors (Lipinski definition) is 3. The van der Waals surface area contributed by atoms with Gasteiger partial charge < -0.3 is 15.8 Å². The topological polar surface area (TPSA) is 47.3 Å². The van der Waals surface area contributed by atoms with Gasteiger partial charge in [-0.25, -0.2) is 4.39 Å². The van der Waals surface area contributed by atoms with Gasteiger partial charge in [-0.2, -0.15) is 0 Å². The molecule has 1 rings (SSSR count). The van der Waals surface area contributed by atoms with Crippen LogP contribution in [0.4, 0.5) is 4.39 Å². The first-order chi connectivity index (χ1) is 7.67. The monoisotopic (exact) mass is 246 g/mol. The largest absolute Gasteiger partial charge is 0.383 e. The van der Waals surface area contributed by atoms with Crippen LogP contribution in [0.2, 0.25) is 5.02 Å². The van der Waals surface area contributed by atoms with Crippen LogP contribution >= 0.6 is 11.6 Å². The Hall–Kier alpha value is -0.680. The van der Waals surface area contributed by atoms with Gasteiger partial charge in [-0.15, -0.1) is 0 Å². The van der Waals surface area contributed by atoms with Crippen LogP contribution in [0, 0.1) is 5.82 Å². The molecule has 0 spiro atoms. The first-order valence-corrected chi connectivity index (χ1v) is 5.43. The van der Waals surface area contributed by atoms with E-state index < -0.39 is 0 Å². The fourth-order valence-electron chi connectivity index (χ4n) is 1.45. The summed E-state index contributed by atoms with van der Waals surface area (Å²) in [6, 6.07) is 4.31. The third kappa shape index (κ3) is 4.06. The van der Waals surface area contributed by atoms with Crippen molar-refractivity contribution in [1.29, 1.82) is 0 Å². The summed E-state index contributed by atoms with van der Waals surface area (Å²) in [7, 11) is 1.62. The third-order valence-corrected chi connectivity index (χ3v) is 2.44. The van der Waals surface area contributed by atoms with E-state index in [2.05, 4.69) is 5.32 Å². The molecule has 3 nitrogen and oxygen atoms in total. The number of halogens is 2. The zero-order valence-electron chi connectivity index (χ0n) is 9.17. The molecule has 0 bridgehead atoms. The molecule has 16 heavy (non-hydrogen) atoms. The van der Waals surface area contributed by atoms with E-state index in [1.165, 1.54) is 12.1 Å². The Balaban J connectivity index is 2.70. The van der Waals surface area contributed by atoms with Crippen molar-refractivity contribution in [2.75, 3.05) is 26.8 Å². The van der Waals surface area contributed by atoms with Crippen LogP contribution in [-0.2, 0) is 4.74 Å². The van der Waals surface area contributed by atoms with Crippen LogP contribution in [0.5, 0.6) is 0 Å². The molecule has 1 unspecified atom stereocenters. The molecular formula is C11H16ClFN2O. The summed E-state index contributed by atoms with van der Waals surface area (Å²) in [5, 5.41) is 3.54. The Morgan fingerprint density at radius 1 is 1.50 bits per heavy atom. The smallest absolute Gasteiger partial charge is 0.125 e. The molecule has 1 aromatic rings. The van der Waals surface area contributed by atoms with Gasteiger partial charge in [-0.1, -0.05) is 11.6 Å². The standard InChI is InChI=1S/C11H16ClFN2O/c1-16-3-2-15-11(7-14)8-4-9(12)6-10(13)5-8/h4-6,11,15H,2-3,7,14H2,1H3. The maximum atomic E-state index is 13.1. The second-order valence-electron chi connectivity index (χ2n) is 3.44. The summed E-state index contributed by atoms with van der Waals surface area (Å²) in [6.45, 7) is 1.62. The van der Waals surface area contributed by atoms with Crippen molar-refractivity contribution in [2.24, 2.45) is 5.73 Å². The SMILES string of the molecule is COCCNC(CN)c1cc(F)cc(Cl)c1. The average molecular weight is 247 g/mol. The normalized spacial score (nSPS) is 12.8. The molecule has 0 saturated carbocycles. The molecule has 90 valence electrons. The fraction of sp³-hybridized carbons (Fsp3) is 0.455. The Kier molecular flexibility index (Phi) is 5.69. The van der Waals surface area contributed by atoms with E-state index in [-0.39, 0.29) is 11.9 Å². The van der Waals surface area contributed by atoms with Gasteiger partial charge in [0.1, 0.15) is 5.82 Å². The van der Waals surface area contributed by atoms with Crippen molar-refractivity contribution in [3.63, 3.8) is 0 Å². The van der Waals surface area contributed by atoms with Crippen LogP contribution in [0.3, 0.4) is 0 Å². The second kappa shape index (κ2) is 6.81. The third-order valence-electron chi connectivity index (χ3n) is 2.22. The van der Waals surface area contributed by atoms with Gasteiger partial charge in [0.15, 0.2) is 0 Å². The lowest BCUT2D eigenvalue weighted by Gasteiger charge is -2.17. The highest BCUT2D eigenvalue weighted by atomic mass is 35.5. The van der Waals surface area contributed by atoms with Crippen LogP contribution < -0.4 is 11.1 Å².